The predicted octanol–water partition coefficient (Wildman–Crippen LogP) is 2.34. The molecule has 9 nitrogen and oxygen atoms in total. The maximum atomic E-state index is 11.9. The largest absolute Gasteiger partial charge is 0.403 e. The first kappa shape index (κ1) is 29.1. The van der Waals surface area contributed by atoms with Crippen molar-refractivity contribution in [3.63, 3.8) is 0 Å². The van der Waals surface area contributed by atoms with Gasteiger partial charge in [-0.05, 0) is 57.3 Å². The summed E-state index contributed by atoms with van der Waals surface area (Å²) in [5.41, 5.74) is 15.5. The average Bonchev–Trinajstić information content (AvgIpc) is 2.85. The number of nitrogens with one attached hydrogen (secondary N) is 1. The number of allylic oxidation sites excluding steroid dienone is 2. The van der Waals surface area contributed by atoms with E-state index in [-0.39, 0.29) is 6.04 Å². The number of carbonyl (C=O) groups excluding carboxylic acids is 1. The molecule has 1 atom stereocenters. The monoisotopic (exact) mass is 510 g/mol. The molecule has 0 aromatic carbocycles. The summed E-state index contributed by atoms with van der Waals surface area (Å²) >= 11 is 1.71. The minimum Gasteiger partial charge on any atom is -0.403 e. The Hall–Kier alpha value is -3.13. The van der Waals surface area contributed by atoms with E-state index in [9.17, 15) is 10.1 Å². The molecule has 1 fully saturated rings. The Morgan fingerprint density at radius 1 is 1.44 bits per heavy atom. The van der Waals surface area contributed by atoms with Gasteiger partial charge in [0.15, 0.2) is 12.1 Å². The smallest absolute Gasteiger partial charge is 0.168 e. The zero-order chi connectivity index (χ0) is 26.5. The number of piperazine rings is 1. The van der Waals surface area contributed by atoms with Crippen LogP contribution in [0.5, 0.6) is 0 Å². The van der Waals surface area contributed by atoms with E-state index in [1.54, 1.807) is 24.1 Å². The summed E-state index contributed by atoms with van der Waals surface area (Å²) in [5.74, 6) is 1.33. The van der Waals surface area contributed by atoms with Crippen LogP contribution in [0.3, 0.4) is 0 Å². The highest BCUT2D eigenvalue weighted by Crippen LogP contribution is 2.24. The lowest BCUT2D eigenvalue weighted by Crippen LogP contribution is -2.42. The number of nitriles is 1. The molecule has 10 heteroatoms. The number of hydrogen-bond acceptors (Lipinski definition) is 10. The number of aryl methyl sites for hydroxylation is 1. The number of pyridine rings is 1. The molecular formula is C26H38N8OS. The van der Waals surface area contributed by atoms with E-state index < -0.39 is 0 Å². The van der Waals surface area contributed by atoms with Gasteiger partial charge in [0.1, 0.15) is 11.8 Å². The van der Waals surface area contributed by atoms with E-state index in [1.165, 1.54) is 6.20 Å². The van der Waals surface area contributed by atoms with Gasteiger partial charge < -0.3 is 21.7 Å². The van der Waals surface area contributed by atoms with Crippen molar-refractivity contribution >= 4 is 30.1 Å². The molecule has 0 saturated carbocycles. The molecule has 1 saturated heterocycles. The maximum absolute atomic E-state index is 11.9. The van der Waals surface area contributed by atoms with Crippen LogP contribution in [0.15, 0.2) is 46.9 Å². The van der Waals surface area contributed by atoms with Crippen LogP contribution in [0.2, 0.25) is 0 Å². The molecule has 0 radical (unpaired) electrons. The number of aliphatic imine (C=N–C) groups is 1. The summed E-state index contributed by atoms with van der Waals surface area (Å²) in [6.07, 6.45) is 8.82. The van der Waals surface area contributed by atoms with Gasteiger partial charge in [-0.1, -0.05) is 6.58 Å². The van der Waals surface area contributed by atoms with Gasteiger partial charge in [0.05, 0.1) is 11.3 Å². The van der Waals surface area contributed by atoms with E-state index in [4.69, 9.17) is 11.5 Å². The van der Waals surface area contributed by atoms with Gasteiger partial charge in [-0.15, -0.1) is 0 Å². The number of nitrogens with zero attached hydrogens (tertiary/aromatic N) is 5. The molecule has 1 aliphatic heterocycles. The molecule has 1 aromatic heterocycles. The summed E-state index contributed by atoms with van der Waals surface area (Å²) < 4.78 is 0. The van der Waals surface area contributed by atoms with E-state index in [0.29, 0.717) is 42.3 Å². The van der Waals surface area contributed by atoms with Crippen LogP contribution >= 0.6 is 11.8 Å². The van der Waals surface area contributed by atoms with Gasteiger partial charge in [-0.2, -0.15) is 17.0 Å². The van der Waals surface area contributed by atoms with Crippen molar-refractivity contribution in [1.82, 2.24) is 20.1 Å². The van der Waals surface area contributed by atoms with Crippen LogP contribution < -0.4 is 16.8 Å². The van der Waals surface area contributed by atoms with Crippen LogP contribution in [-0.4, -0.2) is 78.6 Å². The van der Waals surface area contributed by atoms with Crippen molar-refractivity contribution in [3.8, 4) is 6.07 Å². The standard InChI is InChI=1S/C26H38N8OS/c1-19(18-36-4)31-24(23(13-28)14-29)7-9-30-26-21(6-5-8-27)12-22(25(17-35)32-26)16-34-11-10-33(3)15-20(34)2/h7,9,12-13,17,19,31H,2,5-6,8,10-11,15-16,18,27-28H2,1,3-4H3. The van der Waals surface area contributed by atoms with Crippen molar-refractivity contribution in [2.75, 3.05) is 45.2 Å². The molecule has 0 amide bonds. The number of hydrogen-bond donors (Lipinski definition) is 3. The molecule has 1 unspecified atom stereocenters. The number of nitrogens with two attached hydrogens (primary N) is 2. The number of aldehydes is 1. The molecule has 0 spiro atoms. The highest BCUT2D eigenvalue weighted by molar-refractivity contribution is 7.98. The Bertz CT molecular complexity index is 1040. The first-order valence-corrected chi connectivity index (χ1v) is 13.4. The third-order valence-corrected chi connectivity index (χ3v) is 6.63. The fourth-order valence-corrected chi connectivity index (χ4v) is 4.49. The second-order valence-corrected chi connectivity index (χ2v) is 9.71. The average molecular weight is 511 g/mol. The third-order valence-electron chi connectivity index (χ3n) is 5.80. The first-order chi connectivity index (χ1) is 17.4. The highest BCUT2D eigenvalue weighted by Gasteiger charge is 2.19. The lowest BCUT2D eigenvalue weighted by Gasteiger charge is -2.36. The Morgan fingerprint density at radius 3 is 2.83 bits per heavy atom. The number of carbonyl (C=O) groups is 1. The summed E-state index contributed by atoms with van der Waals surface area (Å²) in [4.78, 5) is 25.5. The fourth-order valence-electron chi connectivity index (χ4n) is 3.90. The molecule has 2 rings (SSSR count). The highest BCUT2D eigenvalue weighted by atomic mass is 32.2. The minimum absolute atomic E-state index is 0.131. The van der Waals surface area contributed by atoms with Crippen molar-refractivity contribution < 1.29 is 4.79 Å². The molecule has 1 aliphatic rings. The topological polar surface area (TPSA) is 137 Å². The zero-order valence-electron chi connectivity index (χ0n) is 21.5. The summed E-state index contributed by atoms with van der Waals surface area (Å²) in [5, 5.41) is 12.8. The quantitative estimate of drug-likeness (QED) is 0.158. The van der Waals surface area contributed by atoms with Gasteiger partial charge in [0.2, 0.25) is 0 Å². The van der Waals surface area contributed by atoms with Crippen LogP contribution in [0.1, 0.15) is 35.0 Å². The zero-order valence-corrected chi connectivity index (χ0v) is 22.4. The molecule has 194 valence electrons. The second kappa shape index (κ2) is 15.1. The molecule has 2 heterocycles. The van der Waals surface area contributed by atoms with Crippen molar-refractivity contribution in [2.24, 2.45) is 16.5 Å². The second-order valence-electron chi connectivity index (χ2n) is 8.80. The molecule has 0 aliphatic carbocycles. The van der Waals surface area contributed by atoms with Gasteiger partial charge in [0.25, 0.3) is 0 Å². The first-order valence-electron chi connectivity index (χ1n) is 12.0. The summed E-state index contributed by atoms with van der Waals surface area (Å²) in [7, 11) is 2.07. The van der Waals surface area contributed by atoms with Gasteiger partial charge >= 0.3 is 0 Å². The molecule has 5 N–H and O–H groups in total. The number of thioether (sulfide) groups is 1. The summed E-state index contributed by atoms with van der Waals surface area (Å²) in [6.45, 7) is 9.91. The lowest BCUT2D eigenvalue weighted by molar-refractivity contribution is 0.111. The van der Waals surface area contributed by atoms with Crippen molar-refractivity contribution in [3.05, 3.63) is 58.7 Å². The van der Waals surface area contributed by atoms with Crippen molar-refractivity contribution in [2.45, 2.75) is 32.4 Å². The van der Waals surface area contributed by atoms with Crippen LogP contribution in [0.25, 0.3) is 0 Å². The molecule has 0 bridgehead atoms. The number of rotatable bonds is 13. The van der Waals surface area contributed by atoms with Gasteiger partial charge in [-0.25, -0.2) is 9.98 Å². The normalized spacial score (nSPS) is 16.3. The SMILES string of the molecule is C=C1CN(C)CCN1Cc1cc(CCCN)c(N=CC=C(NC(C)CSC)C(C#N)=CN)nc1C=O. The van der Waals surface area contributed by atoms with Gasteiger partial charge in [0, 0.05) is 61.6 Å². The third kappa shape index (κ3) is 8.52. The van der Waals surface area contributed by atoms with E-state index in [0.717, 1.165) is 54.9 Å². The minimum atomic E-state index is 0.131. The lowest BCUT2D eigenvalue weighted by atomic mass is 10.0. The Labute approximate surface area is 219 Å². The molecule has 36 heavy (non-hydrogen) atoms. The Morgan fingerprint density at radius 2 is 2.22 bits per heavy atom. The maximum Gasteiger partial charge on any atom is 0.168 e. The van der Waals surface area contributed by atoms with Crippen molar-refractivity contribution in [1.29, 1.82) is 5.26 Å². The van der Waals surface area contributed by atoms with Gasteiger partial charge in [-0.3, -0.25) is 9.69 Å². The van der Waals surface area contributed by atoms with E-state index in [1.807, 2.05) is 19.2 Å². The van der Waals surface area contributed by atoms with Crippen LogP contribution in [0.4, 0.5) is 5.82 Å². The van der Waals surface area contributed by atoms with Crippen LogP contribution in [0, 0.1) is 11.3 Å². The predicted molar refractivity (Wildman–Crippen MR) is 149 cm³/mol. The summed E-state index contributed by atoms with van der Waals surface area (Å²) in [6, 6.07) is 4.24. The van der Waals surface area contributed by atoms with Crippen LogP contribution in [-0.2, 0) is 13.0 Å². The Kier molecular flexibility index (Phi) is 12.2. The molecular weight excluding hydrogens is 472 g/mol. The number of likely N-dealkylation sites (N-methyl/N-ethyl adjacent to an activating group) is 1. The fraction of sp³-hybridized carbons (Fsp3) is 0.462. The number of aromatic nitrogens is 1. The van der Waals surface area contributed by atoms with E-state index in [2.05, 4.69) is 44.8 Å². The Balaban J connectivity index is 2.39. The molecule has 1 aromatic rings. The van der Waals surface area contributed by atoms with E-state index >= 15 is 0 Å².